The second-order valence-electron chi connectivity index (χ2n) is 4.35. The molecule has 0 amide bonds. The number of aromatic nitrogens is 1. The molecule has 1 aromatic heterocycles. The molecular weight excluding hydrogens is 290 g/mol. The summed E-state index contributed by atoms with van der Waals surface area (Å²) in [6.07, 6.45) is -3.28. The van der Waals surface area contributed by atoms with Crippen LogP contribution < -0.4 is 4.74 Å². The minimum atomic E-state index is -4.74. The van der Waals surface area contributed by atoms with Crippen LogP contribution in [0.15, 0.2) is 42.7 Å². The number of hydrogen-bond acceptors (Lipinski definition) is 3. The lowest BCUT2D eigenvalue weighted by Crippen LogP contribution is -2.17. The summed E-state index contributed by atoms with van der Waals surface area (Å²) in [7, 11) is 0. The number of benzene rings is 1. The van der Waals surface area contributed by atoms with Crippen molar-refractivity contribution in [2.45, 2.75) is 18.9 Å². The van der Waals surface area contributed by atoms with Crippen molar-refractivity contribution >= 4 is 0 Å². The van der Waals surface area contributed by atoms with E-state index in [1.54, 1.807) is 0 Å². The molecule has 2 aromatic rings. The Labute approximate surface area is 117 Å². The zero-order valence-corrected chi connectivity index (χ0v) is 10.6. The molecule has 0 saturated carbocycles. The SMILES string of the molecule is OC(Cc1ccc(OC(F)(F)F)cc1)c1cncc(F)c1. The van der Waals surface area contributed by atoms with Gasteiger partial charge in [0.25, 0.3) is 0 Å². The standard InChI is InChI=1S/C14H11F4NO2/c15-11-6-10(7-19-8-11)13(20)5-9-1-3-12(4-2-9)21-14(16,17)18/h1-4,6-8,13,20H,5H2. The summed E-state index contributed by atoms with van der Waals surface area (Å²) in [4.78, 5) is 3.62. The molecule has 112 valence electrons. The van der Waals surface area contributed by atoms with E-state index in [0.717, 1.165) is 24.4 Å². The number of aliphatic hydroxyl groups is 1. The number of rotatable bonds is 4. The van der Waals surface area contributed by atoms with Gasteiger partial charge < -0.3 is 9.84 Å². The van der Waals surface area contributed by atoms with E-state index in [1.807, 2.05) is 0 Å². The molecule has 2 rings (SSSR count). The van der Waals surface area contributed by atoms with E-state index in [4.69, 9.17) is 0 Å². The van der Waals surface area contributed by atoms with Crippen LogP contribution in [0.1, 0.15) is 17.2 Å². The van der Waals surface area contributed by atoms with E-state index in [0.29, 0.717) is 11.1 Å². The van der Waals surface area contributed by atoms with Crippen LogP contribution in [0.5, 0.6) is 5.75 Å². The molecule has 0 aliphatic rings. The van der Waals surface area contributed by atoms with Gasteiger partial charge in [0.1, 0.15) is 11.6 Å². The molecule has 0 aliphatic carbocycles. The zero-order valence-electron chi connectivity index (χ0n) is 10.6. The Morgan fingerprint density at radius 3 is 2.38 bits per heavy atom. The molecule has 0 fully saturated rings. The lowest BCUT2D eigenvalue weighted by molar-refractivity contribution is -0.274. The molecule has 0 spiro atoms. The Morgan fingerprint density at radius 2 is 1.81 bits per heavy atom. The van der Waals surface area contributed by atoms with Crippen molar-refractivity contribution in [3.8, 4) is 5.75 Å². The lowest BCUT2D eigenvalue weighted by Gasteiger charge is -2.12. The van der Waals surface area contributed by atoms with Crippen LogP contribution in [0, 0.1) is 5.82 Å². The fourth-order valence-electron chi connectivity index (χ4n) is 1.78. The second-order valence-corrected chi connectivity index (χ2v) is 4.35. The maximum absolute atomic E-state index is 13.0. The van der Waals surface area contributed by atoms with Crippen molar-refractivity contribution in [1.82, 2.24) is 4.98 Å². The molecule has 1 unspecified atom stereocenters. The molecule has 7 heteroatoms. The summed E-state index contributed by atoms with van der Waals surface area (Å²) in [5.74, 6) is -0.909. The fourth-order valence-corrected chi connectivity index (χ4v) is 1.78. The van der Waals surface area contributed by atoms with Crippen molar-refractivity contribution < 1.29 is 27.4 Å². The summed E-state index contributed by atoms with van der Waals surface area (Å²) in [6.45, 7) is 0. The van der Waals surface area contributed by atoms with Gasteiger partial charge in [0, 0.05) is 18.2 Å². The molecule has 0 radical (unpaired) electrons. The summed E-state index contributed by atoms with van der Waals surface area (Å²) < 4.78 is 52.7. The van der Waals surface area contributed by atoms with Crippen molar-refractivity contribution in [1.29, 1.82) is 0 Å². The van der Waals surface area contributed by atoms with Gasteiger partial charge in [-0.25, -0.2) is 4.39 Å². The van der Waals surface area contributed by atoms with E-state index in [1.165, 1.54) is 18.3 Å². The van der Waals surface area contributed by atoms with Crippen molar-refractivity contribution in [3.05, 3.63) is 59.7 Å². The average molecular weight is 301 g/mol. The van der Waals surface area contributed by atoms with Gasteiger partial charge >= 0.3 is 6.36 Å². The van der Waals surface area contributed by atoms with Gasteiger partial charge in [-0.1, -0.05) is 12.1 Å². The van der Waals surface area contributed by atoms with Gasteiger partial charge in [-0.15, -0.1) is 13.2 Å². The normalized spacial score (nSPS) is 13.0. The average Bonchev–Trinajstić information content (AvgIpc) is 2.39. The molecule has 1 heterocycles. The van der Waals surface area contributed by atoms with Gasteiger partial charge in [-0.2, -0.15) is 0 Å². The molecule has 0 bridgehead atoms. The van der Waals surface area contributed by atoms with Crippen molar-refractivity contribution in [2.24, 2.45) is 0 Å². The monoisotopic (exact) mass is 301 g/mol. The van der Waals surface area contributed by atoms with E-state index >= 15 is 0 Å². The number of aliphatic hydroxyl groups excluding tert-OH is 1. The number of alkyl halides is 3. The topological polar surface area (TPSA) is 42.4 Å². The Kier molecular flexibility index (Phi) is 4.42. The molecule has 21 heavy (non-hydrogen) atoms. The molecule has 1 N–H and O–H groups in total. The highest BCUT2D eigenvalue weighted by Crippen LogP contribution is 2.24. The highest BCUT2D eigenvalue weighted by atomic mass is 19.4. The van der Waals surface area contributed by atoms with Crippen LogP contribution >= 0.6 is 0 Å². The third-order valence-electron chi connectivity index (χ3n) is 2.70. The maximum Gasteiger partial charge on any atom is 0.573 e. The third kappa shape index (κ3) is 4.71. The zero-order chi connectivity index (χ0) is 15.5. The van der Waals surface area contributed by atoms with Crippen LogP contribution in [-0.4, -0.2) is 16.5 Å². The molecule has 1 aromatic carbocycles. The van der Waals surface area contributed by atoms with Crippen LogP contribution in [0.2, 0.25) is 0 Å². The highest BCUT2D eigenvalue weighted by molar-refractivity contribution is 5.28. The lowest BCUT2D eigenvalue weighted by atomic mass is 10.0. The van der Waals surface area contributed by atoms with E-state index in [9.17, 15) is 22.7 Å². The number of hydrogen-bond donors (Lipinski definition) is 1. The minimum absolute atomic E-state index is 0.122. The first-order valence-electron chi connectivity index (χ1n) is 5.97. The Morgan fingerprint density at radius 1 is 1.14 bits per heavy atom. The number of ether oxygens (including phenoxy) is 1. The smallest absolute Gasteiger partial charge is 0.406 e. The van der Waals surface area contributed by atoms with Crippen LogP contribution in [0.25, 0.3) is 0 Å². The van der Waals surface area contributed by atoms with Gasteiger partial charge in [-0.05, 0) is 23.8 Å². The van der Waals surface area contributed by atoms with Crippen LogP contribution in [0.4, 0.5) is 17.6 Å². The summed E-state index contributed by atoms with van der Waals surface area (Å²) in [5.41, 5.74) is 0.881. The predicted molar refractivity (Wildman–Crippen MR) is 66.0 cm³/mol. The first-order valence-corrected chi connectivity index (χ1v) is 5.97. The maximum atomic E-state index is 13.0. The number of halogens is 4. The fraction of sp³-hybridized carbons (Fsp3) is 0.214. The molecule has 1 atom stereocenters. The molecule has 3 nitrogen and oxygen atoms in total. The van der Waals surface area contributed by atoms with Crippen LogP contribution in [0.3, 0.4) is 0 Å². The van der Waals surface area contributed by atoms with E-state index in [-0.39, 0.29) is 12.2 Å². The predicted octanol–water partition coefficient (Wildman–Crippen LogP) is 3.40. The van der Waals surface area contributed by atoms with E-state index in [2.05, 4.69) is 9.72 Å². The molecule has 0 saturated heterocycles. The first kappa shape index (κ1) is 15.2. The number of pyridine rings is 1. The minimum Gasteiger partial charge on any atom is -0.406 e. The Bertz CT molecular complexity index is 599. The largest absolute Gasteiger partial charge is 0.573 e. The van der Waals surface area contributed by atoms with Gasteiger partial charge in [0.2, 0.25) is 0 Å². The van der Waals surface area contributed by atoms with E-state index < -0.39 is 18.3 Å². The molecule has 0 aliphatic heterocycles. The summed E-state index contributed by atoms with van der Waals surface area (Å²) >= 11 is 0. The summed E-state index contributed by atoms with van der Waals surface area (Å²) in [5, 5.41) is 9.94. The Hall–Kier alpha value is -2.15. The van der Waals surface area contributed by atoms with Gasteiger partial charge in [-0.3, -0.25) is 4.98 Å². The van der Waals surface area contributed by atoms with Crippen molar-refractivity contribution in [3.63, 3.8) is 0 Å². The van der Waals surface area contributed by atoms with Crippen molar-refractivity contribution in [2.75, 3.05) is 0 Å². The van der Waals surface area contributed by atoms with Crippen LogP contribution in [-0.2, 0) is 6.42 Å². The third-order valence-corrected chi connectivity index (χ3v) is 2.70. The summed E-state index contributed by atoms with van der Waals surface area (Å²) in [6, 6.07) is 6.26. The van der Waals surface area contributed by atoms with Gasteiger partial charge in [0.05, 0.1) is 12.3 Å². The number of nitrogens with zero attached hydrogens (tertiary/aromatic N) is 1. The first-order chi connectivity index (χ1) is 9.83. The second kappa shape index (κ2) is 6.09. The Balaban J connectivity index is 2.03. The quantitative estimate of drug-likeness (QED) is 0.880. The molecular formula is C14H11F4NO2. The van der Waals surface area contributed by atoms with Gasteiger partial charge in [0.15, 0.2) is 0 Å². The highest BCUT2D eigenvalue weighted by Gasteiger charge is 2.30.